The number of nitrogens with one attached hydrogen (secondary N) is 1. The van der Waals surface area contributed by atoms with Gasteiger partial charge in [-0.05, 0) is 28.8 Å². The van der Waals surface area contributed by atoms with Gasteiger partial charge in [-0.3, -0.25) is 5.10 Å². The number of nitrogens with zero attached hydrogens (tertiary/aromatic N) is 1. The molecule has 0 aliphatic rings. The third-order valence-corrected chi connectivity index (χ3v) is 3.26. The molecule has 2 aromatic rings. The van der Waals surface area contributed by atoms with Crippen LogP contribution in [0.5, 0.6) is 0 Å². The van der Waals surface area contributed by atoms with E-state index in [-0.39, 0.29) is 6.61 Å². The average molecular weight is 281 g/mol. The van der Waals surface area contributed by atoms with Crippen molar-refractivity contribution < 1.29 is 5.11 Å². The van der Waals surface area contributed by atoms with Crippen LogP contribution in [0.4, 0.5) is 0 Å². The molecular weight excluding hydrogens is 268 g/mol. The summed E-state index contributed by atoms with van der Waals surface area (Å²) in [7, 11) is 0. The maximum Gasteiger partial charge on any atom is 0.107 e. The minimum atomic E-state index is 0.201. The van der Waals surface area contributed by atoms with E-state index >= 15 is 0 Å². The first-order chi connectivity index (χ1) is 7.83. The van der Waals surface area contributed by atoms with Gasteiger partial charge < -0.3 is 5.11 Å². The monoisotopic (exact) mass is 280 g/mol. The van der Waals surface area contributed by atoms with Crippen LogP contribution in [-0.2, 0) is 6.42 Å². The van der Waals surface area contributed by atoms with Crippen molar-refractivity contribution in [1.82, 2.24) is 10.2 Å². The summed E-state index contributed by atoms with van der Waals surface area (Å²) in [5.41, 5.74) is 3.04. The summed E-state index contributed by atoms with van der Waals surface area (Å²) in [5, 5.41) is 16.1. The number of hydrogen-bond acceptors (Lipinski definition) is 2. The first kappa shape index (κ1) is 11.4. The van der Waals surface area contributed by atoms with Gasteiger partial charge in [0, 0.05) is 12.2 Å². The number of H-pyrrole nitrogens is 1. The van der Waals surface area contributed by atoms with Gasteiger partial charge in [-0.15, -0.1) is 0 Å². The highest BCUT2D eigenvalue weighted by Crippen LogP contribution is 2.29. The molecule has 0 amide bonds. The number of halogens is 1. The molecule has 0 aliphatic heterocycles. The molecule has 1 aromatic heterocycles. The van der Waals surface area contributed by atoms with Gasteiger partial charge in [-0.2, -0.15) is 5.10 Å². The lowest BCUT2D eigenvalue weighted by atomic mass is 10.1. The molecule has 84 valence electrons. The van der Waals surface area contributed by atoms with Gasteiger partial charge in [0.15, 0.2) is 0 Å². The van der Waals surface area contributed by atoms with Crippen molar-refractivity contribution in [1.29, 1.82) is 0 Å². The molecule has 1 heterocycles. The van der Waals surface area contributed by atoms with E-state index < -0.39 is 0 Å². The minimum absolute atomic E-state index is 0.201. The summed E-state index contributed by atoms with van der Waals surface area (Å²) in [4.78, 5) is 0. The number of aliphatic hydroxyl groups excluding tert-OH is 1. The zero-order chi connectivity index (χ0) is 11.4. The highest BCUT2D eigenvalue weighted by molar-refractivity contribution is 9.10. The second-order valence-corrected chi connectivity index (χ2v) is 4.35. The Labute approximate surface area is 103 Å². The van der Waals surface area contributed by atoms with Crippen LogP contribution >= 0.6 is 15.9 Å². The Morgan fingerprint density at radius 3 is 2.69 bits per heavy atom. The highest BCUT2D eigenvalue weighted by Gasteiger charge is 2.11. The maximum atomic E-state index is 8.79. The van der Waals surface area contributed by atoms with Crippen molar-refractivity contribution in [3.63, 3.8) is 0 Å². The number of hydrogen-bond donors (Lipinski definition) is 2. The second kappa shape index (κ2) is 5.27. The van der Waals surface area contributed by atoms with E-state index in [9.17, 15) is 0 Å². The fraction of sp³-hybridized carbons (Fsp3) is 0.250. The van der Waals surface area contributed by atoms with E-state index in [1.54, 1.807) is 0 Å². The zero-order valence-electron chi connectivity index (χ0n) is 8.78. The van der Waals surface area contributed by atoms with Gasteiger partial charge in [0.1, 0.15) is 5.69 Å². The topological polar surface area (TPSA) is 48.9 Å². The van der Waals surface area contributed by atoms with Crippen LogP contribution in [0.2, 0.25) is 0 Å². The molecule has 2 rings (SSSR count). The van der Waals surface area contributed by atoms with Crippen molar-refractivity contribution in [2.45, 2.75) is 12.8 Å². The molecule has 0 fully saturated rings. The fourth-order valence-electron chi connectivity index (χ4n) is 1.57. The molecule has 16 heavy (non-hydrogen) atoms. The van der Waals surface area contributed by atoms with Crippen LogP contribution in [0.15, 0.2) is 34.8 Å². The lowest BCUT2D eigenvalue weighted by Gasteiger charge is -1.98. The van der Waals surface area contributed by atoms with Crippen LogP contribution < -0.4 is 0 Å². The van der Waals surface area contributed by atoms with Crippen LogP contribution in [0.1, 0.15) is 12.1 Å². The Bertz CT molecular complexity index is 453. The second-order valence-electron chi connectivity index (χ2n) is 3.56. The predicted molar refractivity (Wildman–Crippen MR) is 67.1 cm³/mol. The van der Waals surface area contributed by atoms with Gasteiger partial charge in [0.25, 0.3) is 0 Å². The number of rotatable bonds is 4. The molecule has 1 aromatic carbocycles. The normalized spacial score (nSPS) is 10.6. The van der Waals surface area contributed by atoms with Crippen LogP contribution in [0.25, 0.3) is 11.3 Å². The standard InChI is InChI=1S/C12H13BrN2O/c13-11-10(7-4-8-16)14-15-12(11)9-5-2-1-3-6-9/h1-3,5-6,16H,4,7-8H2,(H,14,15). The van der Waals surface area contributed by atoms with Crippen molar-refractivity contribution in [2.24, 2.45) is 0 Å². The molecule has 2 N–H and O–H groups in total. The van der Waals surface area contributed by atoms with E-state index in [2.05, 4.69) is 26.1 Å². The summed E-state index contributed by atoms with van der Waals surface area (Å²) in [5.74, 6) is 0. The molecule has 0 saturated carbocycles. The van der Waals surface area contributed by atoms with Crippen molar-refractivity contribution >= 4 is 15.9 Å². The highest BCUT2D eigenvalue weighted by atomic mass is 79.9. The number of aliphatic hydroxyl groups is 1. The predicted octanol–water partition coefficient (Wildman–Crippen LogP) is 2.76. The lowest BCUT2D eigenvalue weighted by molar-refractivity contribution is 0.288. The van der Waals surface area contributed by atoms with Crippen LogP contribution in [-0.4, -0.2) is 21.9 Å². The van der Waals surface area contributed by atoms with E-state index in [0.717, 1.165) is 34.3 Å². The minimum Gasteiger partial charge on any atom is -0.396 e. The Morgan fingerprint density at radius 1 is 1.25 bits per heavy atom. The SMILES string of the molecule is OCCCc1[nH]nc(-c2ccccc2)c1Br. The summed E-state index contributed by atoms with van der Waals surface area (Å²) >= 11 is 3.54. The Morgan fingerprint density at radius 2 is 2.00 bits per heavy atom. The lowest BCUT2D eigenvalue weighted by Crippen LogP contribution is -1.90. The number of aromatic amines is 1. The summed E-state index contributed by atoms with van der Waals surface area (Å²) < 4.78 is 0.993. The van der Waals surface area contributed by atoms with Gasteiger partial charge in [-0.25, -0.2) is 0 Å². The van der Waals surface area contributed by atoms with Crippen molar-refractivity contribution in [3.05, 3.63) is 40.5 Å². The summed E-state index contributed by atoms with van der Waals surface area (Å²) in [6.45, 7) is 0.201. The van der Waals surface area contributed by atoms with Gasteiger partial charge >= 0.3 is 0 Å². The summed E-state index contributed by atoms with van der Waals surface area (Å²) in [6, 6.07) is 10.0. The Hall–Kier alpha value is -1.13. The Kier molecular flexibility index (Phi) is 3.74. The van der Waals surface area contributed by atoms with E-state index in [1.807, 2.05) is 30.3 Å². The number of benzene rings is 1. The third kappa shape index (κ3) is 2.33. The van der Waals surface area contributed by atoms with E-state index in [0.29, 0.717) is 0 Å². The van der Waals surface area contributed by atoms with Gasteiger partial charge in [0.05, 0.1) is 10.2 Å². The quantitative estimate of drug-likeness (QED) is 0.905. The molecule has 4 heteroatoms. The molecular formula is C12H13BrN2O. The molecule has 0 aliphatic carbocycles. The maximum absolute atomic E-state index is 8.79. The molecule has 0 spiro atoms. The van der Waals surface area contributed by atoms with Gasteiger partial charge in [-0.1, -0.05) is 30.3 Å². The largest absolute Gasteiger partial charge is 0.396 e. The molecule has 0 unspecified atom stereocenters. The molecule has 3 nitrogen and oxygen atoms in total. The number of aromatic nitrogens is 2. The zero-order valence-corrected chi connectivity index (χ0v) is 10.4. The molecule has 0 radical (unpaired) electrons. The molecule has 0 bridgehead atoms. The molecule has 0 saturated heterocycles. The first-order valence-electron chi connectivity index (χ1n) is 5.22. The fourth-order valence-corrected chi connectivity index (χ4v) is 2.18. The van der Waals surface area contributed by atoms with Crippen LogP contribution in [0.3, 0.4) is 0 Å². The smallest absolute Gasteiger partial charge is 0.107 e. The van der Waals surface area contributed by atoms with Gasteiger partial charge in [0.2, 0.25) is 0 Å². The molecule has 0 atom stereocenters. The van der Waals surface area contributed by atoms with E-state index in [1.165, 1.54) is 0 Å². The first-order valence-corrected chi connectivity index (χ1v) is 6.01. The summed E-state index contributed by atoms with van der Waals surface area (Å²) in [6.07, 6.45) is 1.55. The third-order valence-electron chi connectivity index (χ3n) is 2.41. The van der Waals surface area contributed by atoms with Crippen molar-refractivity contribution in [3.8, 4) is 11.3 Å². The number of aryl methyl sites for hydroxylation is 1. The Balaban J connectivity index is 2.27. The van der Waals surface area contributed by atoms with Crippen molar-refractivity contribution in [2.75, 3.05) is 6.61 Å². The average Bonchev–Trinajstić information content (AvgIpc) is 2.69. The van der Waals surface area contributed by atoms with E-state index in [4.69, 9.17) is 5.11 Å². The van der Waals surface area contributed by atoms with Crippen LogP contribution in [0, 0.1) is 0 Å².